The average molecular weight is 358 g/mol. The van der Waals surface area contributed by atoms with E-state index in [1.807, 2.05) is 37.3 Å². The van der Waals surface area contributed by atoms with Crippen molar-refractivity contribution in [2.24, 2.45) is 5.73 Å². The lowest BCUT2D eigenvalue weighted by Gasteiger charge is -2.02. The number of para-hydroxylation sites is 1. The average Bonchev–Trinajstić information content (AvgIpc) is 2.91. The van der Waals surface area contributed by atoms with Crippen LogP contribution in [0.5, 0.6) is 0 Å². The molecule has 0 aliphatic rings. The summed E-state index contributed by atoms with van der Waals surface area (Å²) in [4.78, 5) is 31.9. The van der Waals surface area contributed by atoms with Gasteiger partial charge in [0.15, 0.2) is 5.13 Å². The number of nitrogens with two attached hydrogens (primary N) is 1. The first-order valence-electron chi connectivity index (χ1n) is 7.08. The zero-order valence-corrected chi connectivity index (χ0v) is 14.4. The second kappa shape index (κ2) is 6.98. The van der Waals surface area contributed by atoms with E-state index in [1.165, 1.54) is 23.1 Å². The molecule has 0 aliphatic heterocycles. The highest BCUT2D eigenvalue weighted by Gasteiger charge is 2.14. The summed E-state index contributed by atoms with van der Waals surface area (Å²) >= 11 is 2.63. The van der Waals surface area contributed by atoms with Gasteiger partial charge >= 0.3 is 0 Å². The fraction of sp³-hybridized carbons (Fsp3) is 0.125. The van der Waals surface area contributed by atoms with Gasteiger partial charge in [0.2, 0.25) is 5.91 Å². The number of carbonyl (C=O) groups is 2. The Kier molecular flexibility index (Phi) is 4.77. The molecule has 24 heavy (non-hydrogen) atoms. The highest BCUT2D eigenvalue weighted by Crippen LogP contribution is 2.32. The Morgan fingerprint density at radius 2 is 2.00 bits per heavy atom. The predicted molar refractivity (Wildman–Crippen MR) is 96.5 cm³/mol. The van der Waals surface area contributed by atoms with Crippen LogP contribution in [0.15, 0.2) is 40.6 Å². The summed E-state index contributed by atoms with van der Waals surface area (Å²) in [6, 6.07) is 11.1. The minimum atomic E-state index is -0.390. The van der Waals surface area contributed by atoms with Crippen LogP contribution in [0.3, 0.4) is 0 Å². The van der Waals surface area contributed by atoms with Crippen molar-refractivity contribution < 1.29 is 9.59 Å². The fourth-order valence-corrected chi connectivity index (χ4v) is 3.93. The molecule has 3 aromatic rings. The van der Waals surface area contributed by atoms with Crippen LogP contribution in [0.25, 0.3) is 10.9 Å². The Balaban J connectivity index is 1.76. The highest BCUT2D eigenvalue weighted by molar-refractivity contribution is 8.01. The van der Waals surface area contributed by atoms with Crippen molar-refractivity contribution in [2.75, 3.05) is 11.1 Å². The van der Waals surface area contributed by atoms with Gasteiger partial charge in [-0.1, -0.05) is 35.6 Å². The molecule has 0 bridgehead atoms. The smallest absolute Gasteiger partial charge is 0.276 e. The Hall–Kier alpha value is -2.45. The number of primary amides is 1. The number of aryl methyl sites for hydroxylation is 1. The first kappa shape index (κ1) is 16.4. The van der Waals surface area contributed by atoms with Crippen LogP contribution >= 0.6 is 23.1 Å². The first-order valence-corrected chi connectivity index (χ1v) is 8.89. The quantitative estimate of drug-likeness (QED) is 0.684. The number of benzene rings is 1. The van der Waals surface area contributed by atoms with Gasteiger partial charge in [-0.2, -0.15) is 0 Å². The minimum absolute atomic E-state index is 0.183. The second-order valence-corrected chi connectivity index (χ2v) is 7.23. The summed E-state index contributed by atoms with van der Waals surface area (Å²) in [6.45, 7) is 1.82. The van der Waals surface area contributed by atoms with Crippen LogP contribution < -0.4 is 11.1 Å². The van der Waals surface area contributed by atoms with Gasteiger partial charge in [0.25, 0.3) is 5.91 Å². The van der Waals surface area contributed by atoms with E-state index in [2.05, 4.69) is 15.3 Å². The summed E-state index contributed by atoms with van der Waals surface area (Å²) in [5.74, 6) is -0.525. The Morgan fingerprint density at radius 1 is 1.21 bits per heavy atom. The maximum atomic E-state index is 12.4. The molecule has 1 aromatic carbocycles. The number of anilines is 1. The molecule has 0 aliphatic carbocycles. The molecule has 3 N–H and O–H groups in total. The monoisotopic (exact) mass is 358 g/mol. The van der Waals surface area contributed by atoms with Gasteiger partial charge in [-0.25, -0.2) is 9.97 Å². The third kappa shape index (κ3) is 3.72. The first-order chi connectivity index (χ1) is 11.5. The van der Waals surface area contributed by atoms with Gasteiger partial charge < -0.3 is 5.73 Å². The number of carbonyl (C=O) groups excluding carboxylic acids is 2. The van der Waals surface area contributed by atoms with Crippen molar-refractivity contribution in [2.45, 2.75) is 11.1 Å². The van der Waals surface area contributed by atoms with Crippen LogP contribution in [0.1, 0.15) is 16.2 Å². The second-order valence-electron chi connectivity index (χ2n) is 4.99. The van der Waals surface area contributed by atoms with Crippen molar-refractivity contribution in [1.29, 1.82) is 0 Å². The van der Waals surface area contributed by atoms with Crippen LogP contribution in [-0.2, 0) is 4.79 Å². The van der Waals surface area contributed by atoms with E-state index in [4.69, 9.17) is 5.73 Å². The van der Waals surface area contributed by atoms with Gasteiger partial charge in [-0.05, 0) is 19.1 Å². The van der Waals surface area contributed by atoms with Crippen molar-refractivity contribution in [1.82, 2.24) is 9.97 Å². The van der Waals surface area contributed by atoms with Crippen LogP contribution in [0.4, 0.5) is 5.13 Å². The van der Waals surface area contributed by atoms with Gasteiger partial charge in [0.1, 0.15) is 5.69 Å². The molecule has 0 fully saturated rings. The lowest BCUT2D eigenvalue weighted by Crippen LogP contribution is -2.13. The lowest BCUT2D eigenvalue weighted by molar-refractivity contribution is -0.115. The Bertz CT molecular complexity index is 923. The van der Waals surface area contributed by atoms with Crippen molar-refractivity contribution in [3.05, 3.63) is 47.8 Å². The molecule has 2 amide bonds. The maximum absolute atomic E-state index is 12.4. The summed E-state index contributed by atoms with van der Waals surface area (Å²) < 4.78 is 0.857. The normalized spacial score (nSPS) is 10.7. The van der Waals surface area contributed by atoms with E-state index >= 15 is 0 Å². The number of amides is 2. The molecule has 0 saturated heterocycles. The number of hydrogen-bond donors (Lipinski definition) is 2. The molecule has 2 aromatic heterocycles. The van der Waals surface area contributed by atoms with E-state index in [-0.39, 0.29) is 11.7 Å². The van der Waals surface area contributed by atoms with E-state index in [1.54, 1.807) is 6.07 Å². The summed E-state index contributed by atoms with van der Waals surface area (Å²) in [7, 11) is 0. The highest BCUT2D eigenvalue weighted by atomic mass is 32.2. The molecule has 0 radical (unpaired) electrons. The van der Waals surface area contributed by atoms with Crippen molar-refractivity contribution in [3.63, 3.8) is 0 Å². The Labute approximate surface area is 146 Å². The number of nitrogens with zero attached hydrogens (tertiary/aromatic N) is 2. The number of hydrogen-bond acceptors (Lipinski definition) is 6. The molecular weight excluding hydrogens is 344 g/mol. The molecule has 0 unspecified atom stereocenters. The topological polar surface area (TPSA) is 98.0 Å². The molecular formula is C16H14N4O2S2. The molecule has 8 heteroatoms. The largest absolute Gasteiger partial charge is 0.369 e. The molecule has 3 rings (SSSR count). The van der Waals surface area contributed by atoms with Crippen molar-refractivity contribution >= 4 is 50.9 Å². The number of fused-ring (bicyclic) bond motifs is 1. The number of nitrogens with one attached hydrogen (secondary N) is 1. The standard InChI is InChI=1S/C16H14N4O2S2/c1-9-15(23-8-13(17)21)24-16(18-9)20-14(22)12-7-6-10-4-2-3-5-11(10)19-12/h2-7H,8H2,1H3,(H2,17,21)(H,18,20,22). The van der Waals surface area contributed by atoms with Gasteiger partial charge in [0, 0.05) is 5.39 Å². The molecule has 122 valence electrons. The summed E-state index contributed by atoms with van der Waals surface area (Å²) in [5, 5.41) is 4.20. The van der Waals surface area contributed by atoms with Gasteiger partial charge in [-0.15, -0.1) is 11.8 Å². The zero-order valence-electron chi connectivity index (χ0n) is 12.8. The van der Waals surface area contributed by atoms with E-state index < -0.39 is 5.91 Å². The van der Waals surface area contributed by atoms with Crippen LogP contribution in [0, 0.1) is 6.92 Å². The molecule has 0 saturated carbocycles. The third-order valence-corrected chi connectivity index (χ3v) is 5.61. The predicted octanol–water partition coefficient (Wildman–Crippen LogP) is 2.83. The van der Waals surface area contributed by atoms with E-state index in [0.29, 0.717) is 10.8 Å². The summed E-state index contributed by atoms with van der Waals surface area (Å²) in [6.07, 6.45) is 0. The van der Waals surface area contributed by atoms with Crippen molar-refractivity contribution in [3.8, 4) is 0 Å². The fourth-order valence-electron chi connectivity index (χ4n) is 2.06. The van der Waals surface area contributed by atoms with E-state index in [9.17, 15) is 9.59 Å². The SMILES string of the molecule is Cc1nc(NC(=O)c2ccc3ccccc3n2)sc1SCC(N)=O. The number of rotatable bonds is 5. The van der Waals surface area contributed by atoms with Gasteiger partial charge in [-0.3, -0.25) is 14.9 Å². The molecule has 0 atom stereocenters. The molecule has 6 nitrogen and oxygen atoms in total. The Morgan fingerprint density at radius 3 is 2.79 bits per heavy atom. The van der Waals surface area contributed by atoms with Crippen LogP contribution in [-0.4, -0.2) is 27.5 Å². The van der Waals surface area contributed by atoms with E-state index in [0.717, 1.165) is 20.8 Å². The van der Waals surface area contributed by atoms with Gasteiger partial charge in [0.05, 0.1) is 21.2 Å². The maximum Gasteiger partial charge on any atom is 0.276 e. The molecule has 0 spiro atoms. The van der Waals surface area contributed by atoms with Crippen LogP contribution in [0.2, 0.25) is 0 Å². The lowest BCUT2D eigenvalue weighted by atomic mass is 10.2. The number of thioether (sulfide) groups is 1. The zero-order chi connectivity index (χ0) is 17.1. The molecule has 2 heterocycles. The summed E-state index contributed by atoms with van der Waals surface area (Å²) in [5.41, 5.74) is 6.99. The number of thiazole rings is 1. The number of pyridine rings is 1. The number of aromatic nitrogens is 2. The third-order valence-electron chi connectivity index (χ3n) is 3.15. The minimum Gasteiger partial charge on any atom is -0.369 e.